The first-order valence-electron chi connectivity index (χ1n) is 5.39. The van der Waals surface area contributed by atoms with E-state index in [1.807, 2.05) is 0 Å². The van der Waals surface area contributed by atoms with Crippen LogP contribution in [-0.2, 0) is 0 Å². The molecule has 0 bridgehead atoms. The maximum atomic E-state index is 5.75. The van der Waals surface area contributed by atoms with Crippen LogP contribution in [0.5, 0.6) is 5.88 Å². The lowest BCUT2D eigenvalue weighted by atomic mass is 9.89. The van der Waals surface area contributed by atoms with Crippen LogP contribution in [0.15, 0.2) is 12.3 Å². The summed E-state index contributed by atoms with van der Waals surface area (Å²) >= 11 is 5.68. The highest BCUT2D eigenvalue weighted by Gasteiger charge is 2.19. The molecule has 1 aromatic heterocycles. The van der Waals surface area contributed by atoms with Gasteiger partial charge in [-0.3, -0.25) is 0 Å². The van der Waals surface area contributed by atoms with Gasteiger partial charge in [0.2, 0.25) is 11.2 Å². The van der Waals surface area contributed by atoms with Crippen molar-refractivity contribution in [3.63, 3.8) is 0 Å². The lowest BCUT2D eigenvalue weighted by molar-refractivity contribution is 0.130. The van der Waals surface area contributed by atoms with E-state index in [1.54, 1.807) is 12.3 Å². The second-order valence-electron chi connectivity index (χ2n) is 4.16. The standard InChI is InChI=1S/C11H15ClN2O/c1-8-2-4-9(5-3-8)15-10-6-7-13-11(12)14-10/h6-9H,2-5H2,1H3. The van der Waals surface area contributed by atoms with Gasteiger partial charge >= 0.3 is 0 Å². The van der Waals surface area contributed by atoms with Gasteiger partial charge in [-0.1, -0.05) is 6.92 Å². The molecule has 0 unspecified atom stereocenters. The molecule has 0 radical (unpaired) electrons. The molecule has 0 spiro atoms. The molecule has 1 aliphatic carbocycles. The molecular weight excluding hydrogens is 212 g/mol. The van der Waals surface area contributed by atoms with Crippen molar-refractivity contribution in [3.05, 3.63) is 17.5 Å². The minimum Gasteiger partial charge on any atom is -0.474 e. The molecule has 4 heteroatoms. The third-order valence-electron chi connectivity index (χ3n) is 2.85. The van der Waals surface area contributed by atoms with E-state index in [-0.39, 0.29) is 5.28 Å². The molecule has 3 nitrogen and oxygen atoms in total. The molecule has 0 atom stereocenters. The fraction of sp³-hybridized carbons (Fsp3) is 0.636. The van der Waals surface area contributed by atoms with E-state index in [9.17, 15) is 0 Å². The summed E-state index contributed by atoms with van der Waals surface area (Å²) in [6, 6.07) is 1.75. The molecular formula is C11H15ClN2O. The Morgan fingerprint density at radius 2 is 2.07 bits per heavy atom. The number of halogens is 1. The van der Waals surface area contributed by atoms with Gasteiger partial charge in [-0.15, -0.1) is 0 Å². The number of aromatic nitrogens is 2. The first-order valence-corrected chi connectivity index (χ1v) is 5.77. The first-order chi connectivity index (χ1) is 7.24. The molecule has 1 aliphatic rings. The van der Waals surface area contributed by atoms with Crippen LogP contribution < -0.4 is 4.74 Å². The molecule has 0 N–H and O–H groups in total. The quantitative estimate of drug-likeness (QED) is 0.727. The van der Waals surface area contributed by atoms with Crippen LogP contribution in [0.2, 0.25) is 5.28 Å². The smallest absolute Gasteiger partial charge is 0.225 e. The zero-order valence-electron chi connectivity index (χ0n) is 8.82. The molecule has 1 fully saturated rings. The lowest BCUT2D eigenvalue weighted by Crippen LogP contribution is -2.23. The van der Waals surface area contributed by atoms with Gasteiger partial charge < -0.3 is 4.74 Å². The van der Waals surface area contributed by atoms with Crippen molar-refractivity contribution in [2.45, 2.75) is 38.7 Å². The molecule has 2 rings (SSSR count). The van der Waals surface area contributed by atoms with E-state index < -0.39 is 0 Å². The molecule has 1 aromatic rings. The van der Waals surface area contributed by atoms with E-state index in [0.29, 0.717) is 12.0 Å². The van der Waals surface area contributed by atoms with Gasteiger partial charge in [0.15, 0.2) is 0 Å². The summed E-state index contributed by atoms with van der Waals surface area (Å²) in [7, 11) is 0. The number of nitrogens with zero attached hydrogens (tertiary/aromatic N) is 2. The lowest BCUT2D eigenvalue weighted by Gasteiger charge is -2.26. The summed E-state index contributed by atoms with van der Waals surface area (Å²) in [6.45, 7) is 2.29. The third-order valence-corrected chi connectivity index (χ3v) is 3.03. The Hall–Kier alpha value is -0.830. The van der Waals surface area contributed by atoms with Gasteiger partial charge in [0.1, 0.15) is 6.10 Å². The Kier molecular flexibility index (Phi) is 3.41. The van der Waals surface area contributed by atoms with Gasteiger partial charge in [0.25, 0.3) is 0 Å². The average molecular weight is 227 g/mol. The predicted molar refractivity (Wildman–Crippen MR) is 59.1 cm³/mol. The topological polar surface area (TPSA) is 35.0 Å². The maximum absolute atomic E-state index is 5.75. The Labute approximate surface area is 94.8 Å². The third kappa shape index (κ3) is 3.06. The Morgan fingerprint density at radius 3 is 2.73 bits per heavy atom. The van der Waals surface area contributed by atoms with Gasteiger partial charge in [-0.2, -0.15) is 4.98 Å². The Bertz CT molecular complexity index is 324. The maximum Gasteiger partial charge on any atom is 0.225 e. The second-order valence-corrected chi connectivity index (χ2v) is 4.50. The highest BCUT2D eigenvalue weighted by molar-refractivity contribution is 6.28. The SMILES string of the molecule is CC1CCC(Oc2ccnc(Cl)n2)CC1. The Balaban J connectivity index is 1.92. The predicted octanol–water partition coefficient (Wildman–Crippen LogP) is 3.09. The highest BCUT2D eigenvalue weighted by atomic mass is 35.5. The zero-order valence-corrected chi connectivity index (χ0v) is 9.57. The second kappa shape index (κ2) is 4.79. The molecule has 1 saturated carbocycles. The summed E-state index contributed by atoms with van der Waals surface area (Å²) in [5.41, 5.74) is 0. The van der Waals surface area contributed by atoms with E-state index in [2.05, 4.69) is 16.9 Å². The van der Waals surface area contributed by atoms with E-state index in [0.717, 1.165) is 18.8 Å². The first kappa shape index (κ1) is 10.7. The molecule has 0 amide bonds. The fourth-order valence-electron chi connectivity index (χ4n) is 1.90. The summed E-state index contributed by atoms with van der Waals surface area (Å²) in [5.74, 6) is 1.42. The summed E-state index contributed by atoms with van der Waals surface area (Å²) in [6.07, 6.45) is 6.63. The van der Waals surface area contributed by atoms with E-state index in [1.165, 1.54) is 12.8 Å². The van der Waals surface area contributed by atoms with Gasteiger partial charge in [-0.05, 0) is 43.2 Å². The van der Waals surface area contributed by atoms with Crippen molar-refractivity contribution in [1.82, 2.24) is 9.97 Å². The van der Waals surface area contributed by atoms with E-state index in [4.69, 9.17) is 16.3 Å². The van der Waals surface area contributed by atoms with Gasteiger partial charge in [0.05, 0.1) is 0 Å². The van der Waals surface area contributed by atoms with Crippen LogP contribution in [0.25, 0.3) is 0 Å². The highest BCUT2D eigenvalue weighted by Crippen LogP contribution is 2.26. The van der Waals surface area contributed by atoms with Crippen LogP contribution in [0, 0.1) is 5.92 Å². The monoisotopic (exact) mass is 226 g/mol. The van der Waals surface area contributed by atoms with Crippen molar-refractivity contribution in [2.75, 3.05) is 0 Å². The van der Waals surface area contributed by atoms with Crippen LogP contribution in [0.1, 0.15) is 32.6 Å². The number of rotatable bonds is 2. The molecule has 0 aromatic carbocycles. The summed E-state index contributed by atoms with van der Waals surface area (Å²) in [4.78, 5) is 7.84. The number of ether oxygens (including phenoxy) is 1. The normalized spacial score (nSPS) is 26.3. The van der Waals surface area contributed by atoms with Crippen LogP contribution in [-0.4, -0.2) is 16.1 Å². The van der Waals surface area contributed by atoms with Crippen molar-refractivity contribution < 1.29 is 4.74 Å². The van der Waals surface area contributed by atoms with Crippen LogP contribution >= 0.6 is 11.6 Å². The fourth-order valence-corrected chi connectivity index (χ4v) is 2.04. The van der Waals surface area contributed by atoms with Crippen molar-refractivity contribution in [2.24, 2.45) is 5.92 Å². The minimum atomic E-state index is 0.247. The average Bonchev–Trinajstić information content (AvgIpc) is 2.22. The molecule has 82 valence electrons. The molecule has 15 heavy (non-hydrogen) atoms. The minimum absolute atomic E-state index is 0.247. The molecule has 0 aliphatic heterocycles. The summed E-state index contributed by atoms with van der Waals surface area (Å²) in [5, 5.41) is 0.247. The number of hydrogen-bond acceptors (Lipinski definition) is 3. The summed E-state index contributed by atoms with van der Waals surface area (Å²) < 4.78 is 5.75. The van der Waals surface area contributed by atoms with Crippen molar-refractivity contribution in [3.8, 4) is 5.88 Å². The number of hydrogen-bond donors (Lipinski definition) is 0. The van der Waals surface area contributed by atoms with Gasteiger partial charge in [0, 0.05) is 12.3 Å². The van der Waals surface area contributed by atoms with Crippen molar-refractivity contribution in [1.29, 1.82) is 0 Å². The Morgan fingerprint density at radius 1 is 1.33 bits per heavy atom. The van der Waals surface area contributed by atoms with Gasteiger partial charge in [-0.25, -0.2) is 4.98 Å². The van der Waals surface area contributed by atoms with Crippen LogP contribution in [0.4, 0.5) is 0 Å². The zero-order chi connectivity index (χ0) is 10.7. The van der Waals surface area contributed by atoms with E-state index >= 15 is 0 Å². The van der Waals surface area contributed by atoms with Crippen LogP contribution in [0.3, 0.4) is 0 Å². The van der Waals surface area contributed by atoms with Crippen molar-refractivity contribution >= 4 is 11.6 Å². The molecule has 0 saturated heterocycles. The molecule has 1 heterocycles. The largest absolute Gasteiger partial charge is 0.474 e.